The van der Waals surface area contributed by atoms with Crippen LogP contribution in [0.15, 0.2) is 12.1 Å². The monoisotopic (exact) mass is 291 g/mol. The number of nitrogens with one attached hydrogen (secondary N) is 2. The maximum absolute atomic E-state index is 12.4. The van der Waals surface area contributed by atoms with Crippen molar-refractivity contribution < 1.29 is 4.79 Å². The summed E-state index contributed by atoms with van der Waals surface area (Å²) in [5.41, 5.74) is 1.69. The van der Waals surface area contributed by atoms with E-state index in [1.54, 1.807) is 0 Å². The molecule has 1 rings (SSSR count). The van der Waals surface area contributed by atoms with Gasteiger partial charge in [0.05, 0.1) is 0 Å². The van der Waals surface area contributed by atoms with E-state index in [4.69, 9.17) is 0 Å². The van der Waals surface area contributed by atoms with Crippen molar-refractivity contribution in [3.05, 3.63) is 23.4 Å². The van der Waals surface area contributed by atoms with E-state index >= 15 is 0 Å². The lowest BCUT2D eigenvalue weighted by Gasteiger charge is -2.29. The summed E-state index contributed by atoms with van der Waals surface area (Å²) in [5.74, 6) is 1.25. The van der Waals surface area contributed by atoms with Crippen LogP contribution in [0.25, 0.3) is 0 Å². The third-order valence-electron chi connectivity index (χ3n) is 4.13. The second kappa shape index (κ2) is 7.43. The Kier molecular flexibility index (Phi) is 6.19. The third kappa shape index (κ3) is 5.03. The summed E-state index contributed by atoms with van der Waals surface area (Å²) in [6.45, 7) is 14.2. The van der Waals surface area contributed by atoms with E-state index in [0.29, 0.717) is 18.0 Å². The number of hydrogen-bond acceptors (Lipinski definition) is 3. The van der Waals surface area contributed by atoms with Crippen molar-refractivity contribution in [1.82, 2.24) is 10.3 Å². The van der Waals surface area contributed by atoms with Gasteiger partial charge in [-0.1, -0.05) is 34.6 Å². The second-order valence-electron chi connectivity index (χ2n) is 6.44. The fourth-order valence-corrected chi connectivity index (χ4v) is 1.79. The van der Waals surface area contributed by atoms with Gasteiger partial charge in [0.2, 0.25) is 0 Å². The highest BCUT2D eigenvalue weighted by atomic mass is 16.1. The summed E-state index contributed by atoms with van der Waals surface area (Å²) in [7, 11) is 0. The Morgan fingerprint density at radius 2 is 1.95 bits per heavy atom. The van der Waals surface area contributed by atoms with Crippen molar-refractivity contribution >= 4 is 11.7 Å². The number of aromatic nitrogens is 1. The predicted molar refractivity (Wildman–Crippen MR) is 88.7 cm³/mol. The molecule has 4 heteroatoms. The standard InChI is InChI=1S/C17H29N3O/c1-7-14-9-13(10-15(20-14)18-8-2)16(21)19-11-17(5,6)12(3)4/h9-10,12H,7-8,11H2,1-6H3,(H,18,20)(H,19,21). The van der Waals surface area contributed by atoms with Gasteiger partial charge in [0.25, 0.3) is 5.91 Å². The van der Waals surface area contributed by atoms with Gasteiger partial charge < -0.3 is 10.6 Å². The zero-order chi connectivity index (χ0) is 16.0. The van der Waals surface area contributed by atoms with Crippen molar-refractivity contribution in [2.45, 2.75) is 48.0 Å². The lowest BCUT2D eigenvalue weighted by molar-refractivity contribution is 0.0924. The number of pyridine rings is 1. The van der Waals surface area contributed by atoms with Gasteiger partial charge in [0.1, 0.15) is 5.82 Å². The second-order valence-corrected chi connectivity index (χ2v) is 6.44. The molecule has 0 spiro atoms. The van der Waals surface area contributed by atoms with Crippen LogP contribution in [0.2, 0.25) is 0 Å². The Hall–Kier alpha value is -1.58. The molecular weight excluding hydrogens is 262 g/mol. The van der Waals surface area contributed by atoms with Crippen molar-refractivity contribution in [2.24, 2.45) is 11.3 Å². The van der Waals surface area contributed by atoms with Gasteiger partial charge in [-0.2, -0.15) is 0 Å². The quantitative estimate of drug-likeness (QED) is 0.808. The molecule has 0 aliphatic rings. The number of hydrogen-bond donors (Lipinski definition) is 2. The van der Waals surface area contributed by atoms with Crippen LogP contribution in [0.4, 0.5) is 5.82 Å². The molecule has 1 amide bonds. The zero-order valence-electron chi connectivity index (χ0n) is 14.2. The number of carbonyl (C=O) groups excluding carboxylic acids is 1. The van der Waals surface area contributed by atoms with Crippen LogP contribution in [-0.2, 0) is 6.42 Å². The molecule has 0 saturated carbocycles. The zero-order valence-corrected chi connectivity index (χ0v) is 14.2. The smallest absolute Gasteiger partial charge is 0.251 e. The Bertz CT molecular complexity index is 481. The Labute approximate surface area is 128 Å². The molecule has 2 N–H and O–H groups in total. The van der Waals surface area contributed by atoms with E-state index in [0.717, 1.165) is 24.5 Å². The number of rotatable bonds is 7. The summed E-state index contributed by atoms with van der Waals surface area (Å²) in [5, 5.41) is 6.22. The van der Waals surface area contributed by atoms with Gasteiger partial charge in [0, 0.05) is 24.3 Å². The molecular formula is C17H29N3O. The number of carbonyl (C=O) groups is 1. The molecule has 4 nitrogen and oxygen atoms in total. The SMILES string of the molecule is CCNc1cc(C(=O)NCC(C)(C)C(C)C)cc(CC)n1. The minimum Gasteiger partial charge on any atom is -0.370 e. The molecule has 118 valence electrons. The highest BCUT2D eigenvalue weighted by Crippen LogP contribution is 2.24. The lowest BCUT2D eigenvalue weighted by atomic mass is 9.81. The van der Waals surface area contributed by atoms with Crippen molar-refractivity contribution in [1.29, 1.82) is 0 Å². The number of anilines is 1. The minimum absolute atomic E-state index is 0.0278. The molecule has 1 aromatic rings. The maximum Gasteiger partial charge on any atom is 0.251 e. The van der Waals surface area contributed by atoms with Gasteiger partial charge in [-0.25, -0.2) is 4.98 Å². The molecule has 0 radical (unpaired) electrons. The van der Waals surface area contributed by atoms with E-state index < -0.39 is 0 Å². The normalized spacial score (nSPS) is 11.6. The molecule has 0 saturated heterocycles. The molecule has 0 unspecified atom stereocenters. The van der Waals surface area contributed by atoms with Crippen LogP contribution in [0.1, 0.15) is 57.6 Å². The van der Waals surface area contributed by atoms with Crippen LogP contribution >= 0.6 is 0 Å². The van der Waals surface area contributed by atoms with E-state index in [2.05, 4.69) is 43.3 Å². The first kappa shape index (κ1) is 17.5. The summed E-state index contributed by atoms with van der Waals surface area (Å²) >= 11 is 0. The average molecular weight is 291 g/mol. The Morgan fingerprint density at radius 3 is 2.48 bits per heavy atom. The predicted octanol–water partition coefficient (Wildman–Crippen LogP) is 3.49. The first-order chi connectivity index (χ1) is 9.80. The molecule has 1 aromatic heterocycles. The number of aryl methyl sites for hydroxylation is 1. The molecule has 0 aromatic carbocycles. The molecule has 0 fully saturated rings. The Balaban J connectivity index is 2.84. The molecule has 0 aliphatic heterocycles. The highest BCUT2D eigenvalue weighted by Gasteiger charge is 2.23. The van der Waals surface area contributed by atoms with Crippen LogP contribution in [0.5, 0.6) is 0 Å². The highest BCUT2D eigenvalue weighted by molar-refractivity contribution is 5.95. The first-order valence-corrected chi connectivity index (χ1v) is 7.83. The lowest BCUT2D eigenvalue weighted by Crippen LogP contribution is -2.37. The van der Waals surface area contributed by atoms with Gasteiger partial charge in [-0.05, 0) is 36.8 Å². The van der Waals surface area contributed by atoms with Gasteiger partial charge in [-0.3, -0.25) is 4.79 Å². The van der Waals surface area contributed by atoms with E-state index in [1.807, 2.05) is 26.0 Å². The fraction of sp³-hybridized carbons (Fsp3) is 0.647. The van der Waals surface area contributed by atoms with E-state index in [9.17, 15) is 4.79 Å². The van der Waals surface area contributed by atoms with E-state index in [1.165, 1.54) is 0 Å². The first-order valence-electron chi connectivity index (χ1n) is 7.83. The Morgan fingerprint density at radius 1 is 1.29 bits per heavy atom. The number of nitrogens with zero attached hydrogens (tertiary/aromatic N) is 1. The van der Waals surface area contributed by atoms with Crippen molar-refractivity contribution in [2.75, 3.05) is 18.4 Å². The number of amides is 1. The fourth-order valence-electron chi connectivity index (χ4n) is 1.79. The molecule has 21 heavy (non-hydrogen) atoms. The third-order valence-corrected chi connectivity index (χ3v) is 4.13. The van der Waals surface area contributed by atoms with Crippen LogP contribution in [0.3, 0.4) is 0 Å². The van der Waals surface area contributed by atoms with Crippen LogP contribution < -0.4 is 10.6 Å². The summed E-state index contributed by atoms with van der Waals surface area (Å²) in [6, 6.07) is 3.69. The molecule has 0 atom stereocenters. The van der Waals surface area contributed by atoms with Gasteiger partial charge in [0.15, 0.2) is 0 Å². The molecule has 0 aliphatic carbocycles. The summed E-state index contributed by atoms with van der Waals surface area (Å²) in [4.78, 5) is 16.8. The van der Waals surface area contributed by atoms with Crippen molar-refractivity contribution in [3.63, 3.8) is 0 Å². The van der Waals surface area contributed by atoms with Crippen LogP contribution in [0, 0.1) is 11.3 Å². The average Bonchev–Trinajstić information content (AvgIpc) is 2.44. The largest absolute Gasteiger partial charge is 0.370 e. The summed E-state index contributed by atoms with van der Waals surface area (Å²) < 4.78 is 0. The van der Waals surface area contributed by atoms with E-state index in [-0.39, 0.29) is 11.3 Å². The minimum atomic E-state index is -0.0278. The molecule has 0 bridgehead atoms. The van der Waals surface area contributed by atoms with Crippen molar-refractivity contribution in [3.8, 4) is 0 Å². The summed E-state index contributed by atoms with van der Waals surface area (Å²) in [6.07, 6.45) is 0.816. The maximum atomic E-state index is 12.4. The van der Waals surface area contributed by atoms with Gasteiger partial charge >= 0.3 is 0 Å². The molecule has 1 heterocycles. The van der Waals surface area contributed by atoms with Crippen LogP contribution in [-0.4, -0.2) is 24.0 Å². The van der Waals surface area contributed by atoms with Gasteiger partial charge in [-0.15, -0.1) is 0 Å². The topological polar surface area (TPSA) is 54.0 Å².